The lowest BCUT2D eigenvalue weighted by atomic mass is 10.1. The van der Waals surface area contributed by atoms with Crippen molar-refractivity contribution < 1.29 is 0 Å². The van der Waals surface area contributed by atoms with Crippen LogP contribution in [0.1, 0.15) is 16.5 Å². The summed E-state index contributed by atoms with van der Waals surface area (Å²) < 4.78 is 1.35. The van der Waals surface area contributed by atoms with Crippen molar-refractivity contribution in [3.63, 3.8) is 0 Å². The van der Waals surface area contributed by atoms with Crippen LogP contribution < -0.4 is 5.32 Å². The Morgan fingerprint density at radius 3 is 2.58 bits per heavy atom. The van der Waals surface area contributed by atoms with E-state index in [9.17, 15) is 0 Å². The summed E-state index contributed by atoms with van der Waals surface area (Å²) in [5.74, 6) is 1.19. The summed E-state index contributed by atoms with van der Waals surface area (Å²) in [6.45, 7) is 0. The van der Waals surface area contributed by atoms with Crippen LogP contribution in [0.25, 0.3) is 0 Å². The average molecular weight is 381 g/mol. The van der Waals surface area contributed by atoms with Crippen molar-refractivity contribution in [3.8, 4) is 0 Å². The highest BCUT2D eigenvalue weighted by molar-refractivity contribution is 14.1. The molecule has 1 saturated heterocycles. The molecule has 1 aliphatic heterocycles. The molecular formula is C16H16INS. The molecule has 98 valence electrons. The first-order valence-corrected chi connectivity index (χ1v) is 8.61. The van der Waals surface area contributed by atoms with Crippen molar-refractivity contribution in [2.75, 3.05) is 5.75 Å². The summed E-state index contributed by atoms with van der Waals surface area (Å²) in [6.07, 6.45) is 1.12. The third-order valence-corrected chi connectivity index (χ3v) is 5.66. The van der Waals surface area contributed by atoms with Crippen LogP contribution in [-0.2, 0) is 6.42 Å². The van der Waals surface area contributed by atoms with Crippen molar-refractivity contribution in [2.24, 2.45) is 0 Å². The number of benzene rings is 2. The molecule has 0 radical (unpaired) electrons. The van der Waals surface area contributed by atoms with E-state index in [2.05, 4.69) is 82.5 Å². The molecular weight excluding hydrogens is 365 g/mol. The highest BCUT2D eigenvalue weighted by Gasteiger charge is 2.26. The van der Waals surface area contributed by atoms with Crippen molar-refractivity contribution in [1.29, 1.82) is 0 Å². The number of thioether (sulfide) groups is 1. The van der Waals surface area contributed by atoms with Gasteiger partial charge in [-0.15, -0.1) is 11.8 Å². The van der Waals surface area contributed by atoms with E-state index in [1.807, 2.05) is 11.8 Å². The molecule has 1 aliphatic rings. The van der Waals surface area contributed by atoms with Gasteiger partial charge in [0.25, 0.3) is 0 Å². The largest absolute Gasteiger partial charge is 0.298 e. The topological polar surface area (TPSA) is 12.0 Å². The molecule has 0 unspecified atom stereocenters. The van der Waals surface area contributed by atoms with Gasteiger partial charge in [0, 0.05) is 15.4 Å². The van der Waals surface area contributed by atoms with Gasteiger partial charge in [-0.2, -0.15) is 0 Å². The highest BCUT2D eigenvalue weighted by atomic mass is 127. The van der Waals surface area contributed by atoms with Crippen LogP contribution in [0.2, 0.25) is 0 Å². The van der Waals surface area contributed by atoms with E-state index < -0.39 is 0 Å². The van der Waals surface area contributed by atoms with Gasteiger partial charge >= 0.3 is 0 Å². The first-order valence-electron chi connectivity index (χ1n) is 6.49. The zero-order valence-corrected chi connectivity index (χ0v) is 13.5. The Bertz CT molecular complexity index is 543. The maximum atomic E-state index is 3.75. The van der Waals surface area contributed by atoms with Crippen LogP contribution in [0.4, 0.5) is 0 Å². The van der Waals surface area contributed by atoms with Crippen LogP contribution in [0.3, 0.4) is 0 Å². The Balaban J connectivity index is 1.66. The SMILES string of the molecule is Ic1ccccc1[C@H]1N[C@@H](Cc2ccccc2)CS1. The summed E-state index contributed by atoms with van der Waals surface area (Å²) in [4.78, 5) is 0. The van der Waals surface area contributed by atoms with Gasteiger partial charge in [-0.1, -0.05) is 48.5 Å². The molecule has 0 amide bonds. The lowest BCUT2D eigenvalue weighted by Crippen LogP contribution is -2.28. The number of hydrogen-bond donors (Lipinski definition) is 1. The molecule has 2 atom stereocenters. The third kappa shape index (κ3) is 3.33. The molecule has 19 heavy (non-hydrogen) atoms. The van der Waals surface area contributed by atoms with Crippen LogP contribution in [-0.4, -0.2) is 11.8 Å². The lowest BCUT2D eigenvalue weighted by molar-refractivity contribution is 0.572. The summed E-state index contributed by atoms with van der Waals surface area (Å²) >= 11 is 4.45. The van der Waals surface area contributed by atoms with Crippen molar-refractivity contribution in [1.82, 2.24) is 5.32 Å². The monoisotopic (exact) mass is 381 g/mol. The second-order valence-electron chi connectivity index (χ2n) is 4.79. The molecule has 1 nitrogen and oxygen atoms in total. The average Bonchev–Trinajstić information content (AvgIpc) is 2.89. The number of hydrogen-bond acceptors (Lipinski definition) is 2. The second kappa shape index (κ2) is 6.29. The van der Waals surface area contributed by atoms with Gasteiger partial charge in [-0.3, -0.25) is 5.32 Å². The summed E-state index contributed by atoms with van der Waals surface area (Å²) in [6, 6.07) is 20.0. The summed E-state index contributed by atoms with van der Waals surface area (Å²) in [5, 5.41) is 4.20. The van der Waals surface area contributed by atoms with Crippen molar-refractivity contribution in [3.05, 3.63) is 69.3 Å². The number of halogens is 1. The zero-order chi connectivity index (χ0) is 13.1. The normalized spacial score (nSPS) is 22.6. The van der Waals surface area contributed by atoms with E-state index >= 15 is 0 Å². The maximum absolute atomic E-state index is 3.75. The molecule has 0 bridgehead atoms. The smallest absolute Gasteiger partial charge is 0.0802 e. The van der Waals surface area contributed by atoms with Gasteiger partial charge in [0.15, 0.2) is 0 Å². The van der Waals surface area contributed by atoms with Gasteiger partial charge in [0.1, 0.15) is 0 Å². The number of nitrogens with one attached hydrogen (secondary N) is 1. The maximum Gasteiger partial charge on any atom is 0.0802 e. The van der Waals surface area contributed by atoms with E-state index in [1.54, 1.807) is 0 Å². The first kappa shape index (κ1) is 13.5. The fourth-order valence-electron chi connectivity index (χ4n) is 2.41. The molecule has 1 fully saturated rings. The Hall–Kier alpha value is -0.520. The van der Waals surface area contributed by atoms with Gasteiger partial charge in [-0.05, 0) is 46.2 Å². The predicted molar refractivity (Wildman–Crippen MR) is 91.4 cm³/mol. The van der Waals surface area contributed by atoms with Crippen LogP contribution in [0.15, 0.2) is 54.6 Å². The summed E-state index contributed by atoms with van der Waals surface area (Å²) in [7, 11) is 0. The van der Waals surface area contributed by atoms with E-state index in [1.165, 1.54) is 20.4 Å². The van der Waals surface area contributed by atoms with E-state index in [0.717, 1.165) is 6.42 Å². The lowest BCUT2D eigenvalue weighted by Gasteiger charge is -2.15. The molecule has 0 spiro atoms. The van der Waals surface area contributed by atoms with Gasteiger partial charge in [-0.25, -0.2) is 0 Å². The fourth-order valence-corrected chi connectivity index (χ4v) is 4.63. The molecule has 1 heterocycles. The standard InChI is InChI=1S/C16H16INS/c17-15-9-5-4-8-14(15)16-18-13(11-19-16)10-12-6-2-1-3-7-12/h1-9,13,16,18H,10-11H2/t13-,16-/m0/s1. The molecule has 0 saturated carbocycles. The molecule has 1 N–H and O–H groups in total. The molecule has 3 rings (SSSR count). The second-order valence-corrected chi connectivity index (χ2v) is 7.09. The quantitative estimate of drug-likeness (QED) is 0.799. The molecule has 0 aliphatic carbocycles. The predicted octanol–water partition coefficient (Wildman–Crippen LogP) is 4.24. The molecule has 0 aromatic heterocycles. The third-order valence-electron chi connectivity index (χ3n) is 3.36. The Kier molecular flexibility index (Phi) is 4.45. The number of rotatable bonds is 3. The van der Waals surface area contributed by atoms with Crippen LogP contribution in [0, 0.1) is 3.57 Å². The van der Waals surface area contributed by atoms with Gasteiger partial charge < -0.3 is 0 Å². The van der Waals surface area contributed by atoms with Gasteiger partial charge in [0.2, 0.25) is 0 Å². The summed E-state index contributed by atoms with van der Waals surface area (Å²) in [5.41, 5.74) is 2.84. The fraction of sp³-hybridized carbons (Fsp3) is 0.250. The highest BCUT2D eigenvalue weighted by Crippen LogP contribution is 2.35. The Labute approximate surface area is 132 Å². The molecule has 2 aromatic carbocycles. The zero-order valence-electron chi connectivity index (χ0n) is 10.6. The minimum atomic E-state index is 0.446. The van der Waals surface area contributed by atoms with Crippen molar-refractivity contribution in [2.45, 2.75) is 17.8 Å². The minimum Gasteiger partial charge on any atom is -0.298 e. The Morgan fingerprint density at radius 2 is 1.79 bits per heavy atom. The van der Waals surface area contributed by atoms with E-state index in [-0.39, 0.29) is 0 Å². The molecule has 2 aromatic rings. The minimum absolute atomic E-state index is 0.446. The van der Waals surface area contributed by atoms with Crippen LogP contribution in [0.5, 0.6) is 0 Å². The first-order chi connectivity index (χ1) is 9.33. The van der Waals surface area contributed by atoms with E-state index in [0.29, 0.717) is 11.4 Å². The molecule has 3 heteroatoms. The van der Waals surface area contributed by atoms with Crippen molar-refractivity contribution >= 4 is 34.4 Å². The van der Waals surface area contributed by atoms with Gasteiger partial charge in [0.05, 0.1) is 5.37 Å². The van der Waals surface area contributed by atoms with Crippen LogP contribution >= 0.6 is 34.4 Å². The Morgan fingerprint density at radius 1 is 1.05 bits per heavy atom. The van der Waals surface area contributed by atoms with E-state index in [4.69, 9.17) is 0 Å².